The first-order chi connectivity index (χ1) is 11.9. The Hall–Kier alpha value is -2.52. The number of aliphatic hydroxyl groups is 1. The second-order valence-corrected chi connectivity index (χ2v) is 7.22. The Bertz CT molecular complexity index is 956. The van der Waals surface area contributed by atoms with Crippen molar-refractivity contribution < 1.29 is 24.6 Å². The Morgan fingerprint density at radius 3 is 2.80 bits per heavy atom. The van der Waals surface area contributed by atoms with E-state index in [0.29, 0.717) is 28.1 Å². The highest BCUT2D eigenvalue weighted by atomic mass is 32.1. The summed E-state index contributed by atoms with van der Waals surface area (Å²) < 4.78 is 1.68. The van der Waals surface area contributed by atoms with Crippen LogP contribution in [0.4, 0.5) is 0 Å². The highest BCUT2D eigenvalue weighted by Gasteiger charge is 2.60. The molecule has 25 heavy (non-hydrogen) atoms. The van der Waals surface area contributed by atoms with E-state index in [0.717, 1.165) is 0 Å². The highest BCUT2D eigenvalue weighted by molar-refractivity contribution is 7.16. The number of aliphatic carboxylic acids is 1. The summed E-state index contributed by atoms with van der Waals surface area (Å²) in [5, 5.41) is 21.4. The molecule has 1 unspecified atom stereocenters. The van der Waals surface area contributed by atoms with Gasteiger partial charge in [-0.05, 0) is 6.92 Å². The van der Waals surface area contributed by atoms with E-state index in [9.17, 15) is 24.6 Å². The van der Waals surface area contributed by atoms with Gasteiger partial charge in [-0.3, -0.25) is 14.0 Å². The summed E-state index contributed by atoms with van der Waals surface area (Å²) >= 11 is 1.29. The Kier molecular flexibility index (Phi) is 3.35. The van der Waals surface area contributed by atoms with Crippen molar-refractivity contribution in [2.45, 2.75) is 26.0 Å². The minimum absolute atomic E-state index is 0.0551. The first-order valence-electron chi connectivity index (χ1n) is 7.77. The van der Waals surface area contributed by atoms with Crippen molar-refractivity contribution in [3.63, 3.8) is 0 Å². The lowest BCUT2D eigenvalue weighted by Gasteiger charge is -2.46. The van der Waals surface area contributed by atoms with E-state index in [4.69, 9.17) is 0 Å². The monoisotopic (exact) mass is 361 g/mol. The van der Waals surface area contributed by atoms with E-state index in [2.05, 4.69) is 4.98 Å². The van der Waals surface area contributed by atoms with Gasteiger partial charge in [0.2, 0.25) is 5.91 Å². The number of carbonyl (C=O) groups is 3. The molecular weight excluding hydrogens is 346 g/mol. The molecule has 4 heterocycles. The van der Waals surface area contributed by atoms with Gasteiger partial charge in [-0.2, -0.15) is 0 Å². The number of hydrogen-bond donors (Lipinski definition) is 2. The van der Waals surface area contributed by atoms with E-state index in [-0.39, 0.29) is 23.6 Å². The molecule has 9 heteroatoms. The first kappa shape index (κ1) is 16.0. The van der Waals surface area contributed by atoms with Crippen LogP contribution in [0.15, 0.2) is 17.4 Å². The summed E-state index contributed by atoms with van der Waals surface area (Å²) in [5.74, 6) is -2.42. The quantitative estimate of drug-likeness (QED) is 0.617. The molecule has 1 amide bonds. The molecule has 2 aliphatic heterocycles. The number of imidazole rings is 1. The molecule has 8 nitrogen and oxygen atoms in total. The van der Waals surface area contributed by atoms with Crippen molar-refractivity contribution in [3.8, 4) is 0 Å². The van der Waals surface area contributed by atoms with Gasteiger partial charge in [-0.25, -0.2) is 9.78 Å². The SMILES string of the molecule is CC1C(c2csc3c(C=O)ncn23)=C(C(=O)O)N2C(=O)[C@H]([C@@H](C)O)[C@@H]12. The van der Waals surface area contributed by atoms with Gasteiger partial charge in [0.1, 0.15) is 22.5 Å². The van der Waals surface area contributed by atoms with Crippen molar-refractivity contribution in [2.24, 2.45) is 11.8 Å². The number of nitrogens with zero attached hydrogens (tertiary/aromatic N) is 3. The Labute approximate surface area is 146 Å². The second kappa shape index (κ2) is 5.24. The van der Waals surface area contributed by atoms with E-state index in [1.165, 1.54) is 22.6 Å². The van der Waals surface area contributed by atoms with E-state index >= 15 is 0 Å². The van der Waals surface area contributed by atoms with Crippen molar-refractivity contribution in [1.29, 1.82) is 0 Å². The number of aldehydes is 1. The Morgan fingerprint density at radius 1 is 1.48 bits per heavy atom. The predicted molar refractivity (Wildman–Crippen MR) is 88.0 cm³/mol. The largest absolute Gasteiger partial charge is 0.477 e. The average Bonchev–Trinajstić information content (AvgIpc) is 3.18. The van der Waals surface area contributed by atoms with Crippen LogP contribution in [0.25, 0.3) is 10.4 Å². The topological polar surface area (TPSA) is 112 Å². The van der Waals surface area contributed by atoms with Crippen LogP contribution in [-0.4, -0.2) is 54.8 Å². The molecule has 2 aliphatic rings. The van der Waals surface area contributed by atoms with Crippen LogP contribution in [0.1, 0.15) is 30.0 Å². The van der Waals surface area contributed by atoms with E-state index in [1.54, 1.807) is 16.7 Å². The van der Waals surface area contributed by atoms with Gasteiger partial charge in [-0.1, -0.05) is 6.92 Å². The minimum Gasteiger partial charge on any atom is -0.477 e. The molecule has 4 rings (SSSR count). The summed E-state index contributed by atoms with van der Waals surface area (Å²) in [6.07, 6.45) is 1.29. The molecule has 0 aromatic carbocycles. The van der Waals surface area contributed by atoms with Crippen LogP contribution in [0.2, 0.25) is 0 Å². The summed E-state index contributed by atoms with van der Waals surface area (Å²) in [4.78, 5) is 41.3. The van der Waals surface area contributed by atoms with Gasteiger partial charge in [0.15, 0.2) is 6.29 Å². The molecular formula is C16H15N3O5S. The van der Waals surface area contributed by atoms with Crippen molar-refractivity contribution in [1.82, 2.24) is 14.3 Å². The van der Waals surface area contributed by atoms with Crippen LogP contribution in [0, 0.1) is 11.8 Å². The van der Waals surface area contributed by atoms with Gasteiger partial charge in [0, 0.05) is 16.9 Å². The van der Waals surface area contributed by atoms with Gasteiger partial charge in [0.05, 0.1) is 23.8 Å². The van der Waals surface area contributed by atoms with Crippen molar-refractivity contribution in [2.75, 3.05) is 0 Å². The molecule has 0 spiro atoms. The zero-order valence-corrected chi connectivity index (χ0v) is 14.2. The number of carboxylic acid groups (broad SMARTS) is 1. The van der Waals surface area contributed by atoms with Crippen molar-refractivity contribution in [3.05, 3.63) is 28.8 Å². The van der Waals surface area contributed by atoms with Crippen LogP contribution >= 0.6 is 11.3 Å². The Balaban J connectivity index is 1.90. The fraction of sp³-hybridized carbons (Fsp3) is 0.375. The highest BCUT2D eigenvalue weighted by Crippen LogP contribution is 2.50. The number of amides is 1. The third-order valence-electron chi connectivity index (χ3n) is 5.05. The van der Waals surface area contributed by atoms with Crippen LogP contribution in [-0.2, 0) is 9.59 Å². The normalized spacial score (nSPS) is 26.8. The van der Waals surface area contributed by atoms with Gasteiger partial charge in [0.25, 0.3) is 0 Å². The molecule has 0 saturated carbocycles. The number of carbonyl (C=O) groups excluding carboxylic acids is 2. The van der Waals surface area contributed by atoms with Gasteiger partial charge in [-0.15, -0.1) is 11.3 Å². The molecule has 0 bridgehead atoms. The Morgan fingerprint density at radius 2 is 2.20 bits per heavy atom. The minimum atomic E-state index is -1.18. The second-order valence-electron chi connectivity index (χ2n) is 6.37. The maximum absolute atomic E-state index is 12.4. The zero-order valence-electron chi connectivity index (χ0n) is 13.4. The number of rotatable bonds is 4. The number of thiazole rings is 1. The first-order valence-corrected chi connectivity index (χ1v) is 8.65. The van der Waals surface area contributed by atoms with Gasteiger partial charge < -0.3 is 15.1 Å². The number of hydrogen-bond acceptors (Lipinski definition) is 6. The predicted octanol–water partition coefficient (Wildman–Crippen LogP) is 0.861. The van der Waals surface area contributed by atoms with Crippen LogP contribution in [0.5, 0.6) is 0 Å². The maximum Gasteiger partial charge on any atom is 0.352 e. The fourth-order valence-corrected chi connectivity index (χ4v) is 4.93. The molecule has 130 valence electrons. The molecule has 2 aromatic rings. The maximum atomic E-state index is 12.4. The lowest BCUT2D eigenvalue weighted by atomic mass is 9.77. The van der Waals surface area contributed by atoms with Gasteiger partial charge >= 0.3 is 5.97 Å². The fourth-order valence-electron chi connectivity index (χ4n) is 3.99. The molecule has 0 aliphatic carbocycles. The number of aromatic nitrogens is 2. The molecule has 1 saturated heterocycles. The smallest absolute Gasteiger partial charge is 0.352 e. The molecule has 2 N–H and O–H groups in total. The van der Waals surface area contributed by atoms with Crippen LogP contribution in [0.3, 0.4) is 0 Å². The number of β-lactam (4-membered cyclic amide) rings is 1. The third kappa shape index (κ3) is 1.90. The number of fused-ring (bicyclic) bond motifs is 2. The lowest BCUT2D eigenvalue weighted by molar-refractivity contribution is -0.163. The number of aliphatic hydroxyl groups excluding tert-OH is 1. The van der Waals surface area contributed by atoms with E-state index in [1.807, 2.05) is 6.92 Å². The van der Waals surface area contributed by atoms with Crippen LogP contribution < -0.4 is 0 Å². The number of carboxylic acids is 1. The average molecular weight is 361 g/mol. The lowest BCUT2D eigenvalue weighted by Crippen LogP contribution is -2.63. The zero-order chi connectivity index (χ0) is 18.0. The molecule has 2 aromatic heterocycles. The summed E-state index contributed by atoms with van der Waals surface area (Å²) in [6, 6.07) is -0.377. The van der Waals surface area contributed by atoms with Crippen molar-refractivity contribution >= 4 is 39.9 Å². The summed E-state index contributed by atoms with van der Waals surface area (Å²) in [5.41, 5.74) is 1.37. The molecule has 1 fully saturated rings. The summed E-state index contributed by atoms with van der Waals surface area (Å²) in [6.45, 7) is 3.39. The third-order valence-corrected chi connectivity index (χ3v) is 6.02. The van der Waals surface area contributed by atoms with E-state index < -0.39 is 18.0 Å². The molecule has 0 radical (unpaired) electrons. The molecule has 4 atom stereocenters. The standard InChI is InChI=1S/C16H15N3O5S/c1-6-10(9-4-25-15-8(3-20)17-5-18(9)15)13(16(23)24)19-12(6)11(7(2)21)14(19)22/h3-7,11-12,21H,1-2H3,(H,23,24)/t6?,7-,11-,12-/m1/s1. The summed E-state index contributed by atoms with van der Waals surface area (Å²) in [7, 11) is 0.